The maximum Gasteiger partial charge on any atom is 0.306 e. The highest BCUT2D eigenvalue weighted by molar-refractivity contribution is 5.71. The maximum absolute atomic E-state index is 12.9. The van der Waals surface area contributed by atoms with Crippen LogP contribution in [0.3, 0.4) is 0 Å². The van der Waals surface area contributed by atoms with Crippen LogP contribution in [0.5, 0.6) is 0 Å². The molecule has 0 fully saturated rings. The highest BCUT2D eigenvalue weighted by Crippen LogP contribution is 2.14. The summed E-state index contributed by atoms with van der Waals surface area (Å²) in [5.74, 6) is -0.961. The number of hydrogen-bond donors (Lipinski definition) is 0. The smallest absolute Gasteiger partial charge is 0.306 e. The second kappa shape index (κ2) is 69.3. The zero-order valence-electron chi connectivity index (χ0n) is 53.4. The molecule has 83 heavy (non-hydrogen) atoms. The summed E-state index contributed by atoms with van der Waals surface area (Å²) in [6.07, 6.45) is 102. The molecule has 1 atom stereocenters. The number of ether oxygens (including phenoxy) is 3. The summed E-state index contributed by atoms with van der Waals surface area (Å²) in [4.78, 5) is 38.3. The van der Waals surface area contributed by atoms with Crippen molar-refractivity contribution in [2.45, 2.75) is 284 Å². The standard InChI is InChI=1S/C77H122O6/c1-4-7-10-13-16-19-22-25-28-29-30-31-32-33-34-35-36-37-38-39-40-41-42-43-44-45-46-47-50-52-55-58-61-64-67-70-76(79)82-73-74(83-77(80)71-68-65-62-59-56-53-49-27-24-21-18-15-12-9-6-3)72-81-75(78)69-66-63-60-57-54-51-48-26-23-20-17-14-11-8-5-2/h7,10,16-21,25-28,30-31,33-34,36-37,39-40,42-43,45-46,48-50,52,74H,4-6,8-9,11-15,22-24,29,32,35,38,41,44,47,51,53-73H2,1-3H3/b10-7-,19-16-,20-17-,21-18-,28-25-,31-30-,34-33-,37-36-,40-39-,43-42-,46-45-,48-26-,49-27-,52-50-. The van der Waals surface area contributed by atoms with E-state index in [-0.39, 0.29) is 31.1 Å². The van der Waals surface area contributed by atoms with E-state index in [0.29, 0.717) is 19.3 Å². The molecule has 0 amide bonds. The van der Waals surface area contributed by atoms with Crippen molar-refractivity contribution in [2.75, 3.05) is 13.2 Å². The minimum atomic E-state index is -0.811. The molecule has 0 radical (unpaired) electrons. The van der Waals surface area contributed by atoms with Crippen molar-refractivity contribution in [1.82, 2.24) is 0 Å². The highest BCUT2D eigenvalue weighted by Gasteiger charge is 2.19. The minimum absolute atomic E-state index is 0.105. The van der Waals surface area contributed by atoms with Crippen LogP contribution in [0, 0.1) is 0 Å². The van der Waals surface area contributed by atoms with Gasteiger partial charge in [0.05, 0.1) is 0 Å². The number of rotatable bonds is 59. The number of esters is 3. The molecule has 6 heteroatoms. The molecule has 0 saturated heterocycles. The van der Waals surface area contributed by atoms with Crippen LogP contribution in [0.15, 0.2) is 170 Å². The Hall–Kier alpha value is -5.23. The third-order valence-electron chi connectivity index (χ3n) is 13.7. The summed E-state index contributed by atoms with van der Waals surface area (Å²) in [5.41, 5.74) is 0. The van der Waals surface area contributed by atoms with Crippen LogP contribution < -0.4 is 0 Å². The fraction of sp³-hybridized carbons (Fsp3) is 0.597. The number of carbonyl (C=O) groups excluding carboxylic acids is 3. The topological polar surface area (TPSA) is 78.9 Å². The van der Waals surface area contributed by atoms with E-state index in [0.717, 1.165) is 186 Å². The van der Waals surface area contributed by atoms with Crippen LogP contribution in [0.4, 0.5) is 0 Å². The SMILES string of the molecule is CC/C=C\C/C=C\C/C=C\C/C=C\C/C=C\C/C=C\C/C=C\C/C=C\C/C=C\C/C=C\CCCCCCC(=O)OCC(COC(=O)CCCCCCC/C=C\C/C=C\CCCCC)OC(=O)CCCCCCC/C=C\C/C=C\CCCCC. The van der Waals surface area contributed by atoms with Gasteiger partial charge in [0.2, 0.25) is 0 Å². The predicted octanol–water partition coefficient (Wildman–Crippen LogP) is 23.4. The molecule has 0 N–H and O–H groups in total. The van der Waals surface area contributed by atoms with Crippen molar-refractivity contribution >= 4 is 17.9 Å². The van der Waals surface area contributed by atoms with Gasteiger partial charge in [-0.15, -0.1) is 0 Å². The fourth-order valence-corrected chi connectivity index (χ4v) is 8.65. The van der Waals surface area contributed by atoms with E-state index in [1.165, 1.54) is 51.4 Å². The summed E-state index contributed by atoms with van der Waals surface area (Å²) in [5, 5.41) is 0. The molecule has 0 aromatic carbocycles. The van der Waals surface area contributed by atoms with Crippen molar-refractivity contribution in [3.8, 4) is 0 Å². The van der Waals surface area contributed by atoms with E-state index in [1.807, 2.05) is 0 Å². The molecule has 0 heterocycles. The molecule has 0 aliphatic heterocycles. The molecule has 0 aliphatic rings. The molecule has 0 aliphatic carbocycles. The van der Waals surface area contributed by atoms with E-state index in [4.69, 9.17) is 14.2 Å². The zero-order chi connectivity index (χ0) is 59.9. The molecule has 0 spiro atoms. The third-order valence-corrected chi connectivity index (χ3v) is 13.7. The summed E-state index contributed by atoms with van der Waals surface area (Å²) >= 11 is 0. The summed E-state index contributed by atoms with van der Waals surface area (Å²) in [7, 11) is 0. The van der Waals surface area contributed by atoms with Crippen molar-refractivity contribution in [1.29, 1.82) is 0 Å². The lowest BCUT2D eigenvalue weighted by Gasteiger charge is -2.18. The Balaban J connectivity index is 4.38. The Bertz CT molecular complexity index is 1890. The summed E-state index contributed by atoms with van der Waals surface area (Å²) in [6.45, 7) is 6.42. The molecule has 1 unspecified atom stereocenters. The van der Waals surface area contributed by atoms with Gasteiger partial charge in [0.25, 0.3) is 0 Å². The average Bonchev–Trinajstić information content (AvgIpc) is 3.49. The minimum Gasteiger partial charge on any atom is -0.462 e. The van der Waals surface area contributed by atoms with Gasteiger partial charge >= 0.3 is 17.9 Å². The zero-order valence-corrected chi connectivity index (χ0v) is 53.4. The first-order valence-electron chi connectivity index (χ1n) is 33.6. The first kappa shape index (κ1) is 77.8. The van der Waals surface area contributed by atoms with Gasteiger partial charge in [-0.2, -0.15) is 0 Å². The lowest BCUT2D eigenvalue weighted by molar-refractivity contribution is -0.167. The molecule has 0 bridgehead atoms. The van der Waals surface area contributed by atoms with E-state index in [2.05, 4.69) is 191 Å². The molecule has 0 rings (SSSR count). The van der Waals surface area contributed by atoms with Gasteiger partial charge in [0, 0.05) is 19.3 Å². The predicted molar refractivity (Wildman–Crippen MR) is 361 cm³/mol. The Labute approximate surface area is 511 Å². The quantitative estimate of drug-likeness (QED) is 0.0261. The Kier molecular flexibility index (Phi) is 64.9. The van der Waals surface area contributed by atoms with Crippen LogP contribution in [0.2, 0.25) is 0 Å². The number of unbranched alkanes of at least 4 members (excludes halogenated alkanes) is 20. The van der Waals surface area contributed by atoms with Crippen LogP contribution in [0.1, 0.15) is 278 Å². The monoisotopic (exact) mass is 1140 g/mol. The molecular formula is C77H122O6. The Morgan fingerprint density at radius 1 is 0.253 bits per heavy atom. The number of hydrogen-bond acceptors (Lipinski definition) is 6. The van der Waals surface area contributed by atoms with E-state index in [9.17, 15) is 14.4 Å². The first-order chi connectivity index (χ1) is 41.0. The molecule has 0 aromatic rings. The Morgan fingerprint density at radius 3 is 0.735 bits per heavy atom. The Morgan fingerprint density at radius 2 is 0.470 bits per heavy atom. The van der Waals surface area contributed by atoms with Crippen LogP contribution in [0.25, 0.3) is 0 Å². The largest absolute Gasteiger partial charge is 0.462 e. The van der Waals surface area contributed by atoms with Crippen LogP contribution in [-0.2, 0) is 28.6 Å². The van der Waals surface area contributed by atoms with Gasteiger partial charge in [-0.1, -0.05) is 268 Å². The molecule has 0 saturated carbocycles. The van der Waals surface area contributed by atoms with Crippen molar-refractivity contribution in [2.24, 2.45) is 0 Å². The van der Waals surface area contributed by atoms with Gasteiger partial charge in [-0.3, -0.25) is 14.4 Å². The molecular weight excluding hydrogens is 1020 g/mol. The normalized spacial score (nSPS) is 13.2. The second-order valence-electron chi connectivity index (χ2n) is 21.6. The summed E-state index contributed by atoms with van der Waals surface area (Å²) < 4.78 is 16.9. The van der Waals surface area contributed by atoms with Crippen molar-refractivity contribution < 1.29 is 28.6 Å². The van der Waals surface area contributed by atoms with Gasteiger partial charge in [0.15, 0.2) is 6.10 Å². The van der Waals surface area contributed by atoms with Gasteiger partial charge < -0.3 is 14.2 Å². The van der Waals surface area contributed by atoms with Gasteiger partial charge in [-0.25, -0.2) is 0 Å². The van der Waals surface area contributed by atoms with Crippen LogP contribution >= 0.6 is 0 Å². The molecule has 466 valence electrons. The number of allylic oxidation sites excluding steroid dienone is 28. The lowest BCUT2D eigenvalue weighted by Crippen LogP contribution is -2.30. The van der Waals surface area contributed by atoms with Crippen molar-refractivity contribution in [3.63, 3.8) is 0 Å². The van der Waals surface area contributed by atoms with E-state index in [1.54, 1.807) is 0 Å². The van der Waals surface area contributed by atoms with Crippen LogP contribution in [-0.4, -0.2) is 37.2 Å². The molecule has 6 nitrogen and oxygen atoms in total. The first-order valence-corrected chi connectivity index (χ1v) is 33.6. The summed E-state index contributed by atoms with van der Waals surface area (Å²) in [6, 6.07) is 0. The van der Waals surface area contributed by atoms with Gasteiger partial charge in [0.1, 0.15) is 13.2 Å². The maximum atomic E-state index is 12.9. The average molecular weight is 1140 g/mol. The molecule has 0 aromatic heterocycles. The lowest BCUT2D eigenvalue weighted by atomic mass is 10.1. The number of carbonyl (C=O) groups is 3. The highest BCUT2D eigenvalue weighted by atomic mass is 16.6. The second-order valence-corrected chi connectivity index (χ2v) is 21.6. The van der Waals surface area contributed by atoms with E-state index >= 15 is 0 Å². The van der Waals surface area contributed by atoms with Crippen molar-refractivity contribution in [3.05, 3.63) is 170 Å². The third kappa shape index (κ3) is 67.4. The van der Waals surface area contributed by atoms with Gasteiger partial charge in [-0.05, 0) is 161 Å². The van der Waals surface area contributed by atoms with E-state index < -0.39 is 6.10 Å². The fourth-order valence-electron chi connectivity index (χ4n) is 8.65.